The molecule has 1 aromatic carbocycles. The molecule has 0 radical (unpaired) electrons. The second-order valence-electron chi connectivity index (χ2n) is 3.16. The maximum absolute atomic E-state index is 9.95. The van der Waals surface area contributed by atoms with Crippen molar-refractivity contribution in [3.63, 3.8) is 0 Å². The highest BCUT2D eigenvalue weighted by molar-refractivity contribution is 5.90. The van der Waals surface area contributed by atoms with Crippen LogP contribution >= 0.6 is 0 Å². The molecule has 2 aromatic rings. The fourth-order valence-corrected chi connectivity index (χ4v) is 1.48. The quantitative estimate of drug-likeness (QED) is 0.610. The molecule has 0 aliphatic rings. The molecule has 76 valence electrons. The maximum atomic E-state index is 9.95. The van der Waals surface area contributed by atoms with Gasteiger partial charge >= 0.3 is 0 Å². The summed E-state index contributed by atoms with van der Waals surface area (Å²) in [7, 11) is 0. The van der Waals surface area contributed by atoms with E-state index in [1.54, 1.807) is 6.20 Å². The Balaban J connectivity index is 2.30. The third kappa shape index (κ3) is 2.10. The maximum Gasteiger partial charge on any atom is 0.0983 e. The van der Waals surface area contributed by atoms with Crippen molar-refractivity contribution in [2.45, 2.75) is 0 Å². The summed E-state index contributed by atoms with van der Waals surface area (Å²) >= 11 is 0. The van der Waals surface area contributed by atoms with Crippen LogP contribution in [0.5, 0.6) is 0 Å². The van der Waals surface area contributed by atoms with E-state index in [4.69, 9.17) is 0 Å². The van der Waals surface area contributed by atoms with Crippen LogP contribution < -0.4 is 5.32 Å². The van der Waals surface area contributed by atoms with Gasteiger partial charge in [0.2, 0.25) is 0 Å². The summed E-state index contributed by atoms with van der Waals surface area (Å²) in [5.74, 6) is 0. The summed E-state index contributed by atoms with van der Waals surface area (Å²) in [4.78, 5) is 14.2. The van der Waals surface area contributed by atoms with E-state index in [1.807, 2.05) is 30.3 Å². The molecule has 0 fully saturated rings. The lowest BCUT2D eigenvalue weighted by Gasteiger charge is -2.06. The summed E-state index contributed by atoms with van der Waals surface area (Å²) in [5, 5.41) is 7.01. The van der Waals surface area contributed by atoms with E-state index in [1.165, 1.54) is 0 Å². The largest absolute Gasteiger partial charge is 0.381 e. The van der Waals surface area contributed by atoms with Crippen molar-refractivity contribution in [2.24, 2.45) is 5.18 Å². The number of hydrogen-bond acceptors (Lipinski definition) is 4. The first kappa shape index (κ1) is 9.58. The van der Waals surface area contributed by atoms with E-state index < -0.39 is 0 Å². The van der Waals surface area contributed by atoms with Crippen molar-refractivity contribution in [2.75, 3.05) is 18.4 Å². The molecule has 0 amide bonds. The lowest BCUT2D eigenvalue weighted by molar-refractivity contribution is 1.01. The Morgan fingerprint density at radius 1 is 1.27 bits per heavy atom. The standard InChI is InChI=1S/C11H11N3O/c15-14-8-7-12-10-5-1-3-9-4-2-6-13-11(9)10/h1-6,12H,7-8H2. The van der Waals surface area contributed by atoms with E-state index >= 15 is 0 Å². The van der Waals surface area contributed by atoms with Crippen LogP contribution in [-0.2, 0) is 0 Å². The van der Waals surface area contributed by atoms with E-state index in [-0.39, 0.29) is 6.54 Å². The molecule has 0 spiro atoms. The van der Waals surface area contributed by atoms with Gasteiger partial charge in [-0.3, -0.25) is 4.98 Å². The van der Waals surface area contributed by atoms with Gasteiger partial charge in [0, 0.05) is 18.1 Å². The normalized spacial score (nSPS) is 10.1. The zero-order valence-corrected chi connectivity index (χ0v) is 8.18. The van der Waals surface area contributed by atoms with Crippen LogP contribution in [0.4, 0.5) is 5.69 Å². The predicted octanol–water partition coefficient (Wildman–Crippen LogP) is 2.41. The van der Waals surface area contributed by atoms with Gasteiger partial charge in [0.05, 0.1) is 17.7 Å². The van der Waals surface area contributed by atoms with Crippen LogP contribution in [-0.4, -0.2) is 18.1 Å². The Labute approximate surface area is 87.3 Å². The summed E-state index contributed by atoms with van der Waals surface area (Å²) in [6, 6.07) is 9.82. The Morgan fingerprint density at radius 2 is 2.13 bits per heavy atom. The number of nitroso groups, excluding NO2 is 1. The number of anilines is 1. The van der Waals surface area contributed by atoms with Crippen molar-refractivity contribution in [1.82, 2.24) is 4.98 Å². The molecule has 0 bridgehead atoms. The second-order valence-corrected chi connectivity index (χ2v) is 3.16. The van der Waals surface area contributed by atoms with Gasteiger partial charge in [0.25, 0.3) is 0 Å². The number of hydrogen-bond donors (Lipinski definition) is 1. The molecule has 0 unspecified atom stereocenters. The van der Waals surface area contributed by atoms with Gasteiger partial charge in [-0.15, -0.1) is 0 Å². The molecule has 0 aliphatic heterocycles. The molecule has 0 atom stereocenters. The first-order chi connectivity index (χ1) is 7.42. The molecule has 0 aliphatic carbocycles. The number of aromatic nitrogens is 1. The monoisotopic (exact) mass is 201 g/mol. The van der Waals surface area contributed by atoms with Crippen LogP contribution in [0.2, 0.25) is 0 Å². The molecule has 2 rings (SSSR count). The smallest absolute Gasteiger partial charge is 0.0983 e. The minimum absolute atomic E-state index is 0.267. The zero-order chi connectivity index (χ0) is 10.5. The fourth-order valence-electron chi connectivity index (χ4n) is 1.48. The minimum Gasteiger partial charge on any atom is -0.381 e. The molecule has 15 heavy (non-hydrogen) atoms. The van der Waals surface area contributed by atoms with E-state index in [0.717, 1.165) is 16.6 Å². The predicted molar refractivity (Wildman–Crippen MR) is 60.9 cm³/mol. The van der Waals surface area contributed by atoms with E-state index in [0.29, 0.717) is 6.54 Å². The molecular formula is C11H11N3O. The SMILES string of the molecule is O=NCCNc1cccc2cccnc12. The van der Waals surface area contributed by atoms with Crippen molar-refractivity contribution in [1.29, 1.82) is 0 Å². The number of nitrogens with one attached hydrogen (secondary N) is 1. The number of para-hydroxylation sites is 1. The molecule has 4 heteroatoms. The average Bonchev–Trinajstić information content (AvgIpc) is 2.30. The highest BCUT2D eigenvalue weighted by Gasteiger charge is 1.99. The van der Waals surface area contributed by atoms with Gasteiger partial charge in [-0.1, -0.05) is 23.4 Å². The molecule has 0 saturated heterocycles. The Hall–Kier alpha value is -1.97. The summed E-state index contributed by atoms with van der Waals surface area (Å²) in [6.45, 7) is 0.808. The number of pyridine rings is 1. The van der Waals surface area contributed by atoms with Gasteiger partial charge in [0.15, 0.2) is 0 Å². The molecule has 1 N–H and O–H groups in total. The fraction of sp³-hybridized carbons (Fsp3) is 0.182. The molecule has 4 nitrogen and oxygen atoms in total. The number of nitrogens with zero attached hydrogens (tertiary/aromatic N) is 2. The lowest BCUT2D eigenvalue weighted by atomic mass is 10.2. The summed E-state index contributed by atoms with van der Waals surface area (Å²) in [6.07, 6.45) is 1.76. The van der Waals surface area contributed by atoms with Gasteiger partial charge in [-0.2, -0.15) is 4.91 Å². The topological polar surface area (TPSA) is 54.4 Å². The summed E-state index contributed by atoms with van der Waals surface area (Å²) < 4.78 is 0. The highest BCUT2D eigenvalue weighted by Crippen LogP contribution is 2.19. The van der Waals surface area contributed by atoms with Crippen LogP contribution in [0, 0.1) is 4.91 Å². The minimum atomic E-state index is 0.267. The van der Waals surface area contributed by atoms with Crippen molar-refractivity contribution in [3.8, 4) is 0 Å². The van der Waals surface area contributed by atoms with Crippen molar-refractivity contribution >= 4 is 16.6 Å². The van der Waals surface area contributed by atoms with Crippen LogP contribution in [0.25, 0.3) is 10.9 Å². The Bertz CT molecular complexity index is 465. The summed E-state index contributed by atoms with van der Waals surface area (Å²) in [5.41, 5.74) is 1.86. The van der Waals surface area contributed by atoms with Crippen molar-refractivity contribution < 1.29 is 0 Å². The third-order valence-corrected chi connectivity index (χ3v) is 2.15. The Morgan fingerprint density at radius 3 is 3.00 bits per heavy atom. The number of benzene rings is 1. The zero-order valence-electron chi connectivity index (χ0n) is 8.18. The van der Waals surface area contributed by atoms with E-state index in [2.05, 4.69) is 15.5 Å². The Kier molecular flexibility index (Phi) is 2.88. The first-order valence-electron chi connectivity index (χ1n) is 4.78. The van der Waals surface area contributed by atoms with Gasteiger partial charge in [-0.25, -0.2) is 0 Å². The molecular weight excluding hydrogens is 190 g/mol. The van der Waals surface area contributed by atoms with Gasteiger partial charge < -0.3 is 5.32 Å². The third-order valence-electron chi connectivity index (χ3n) is 2.15. The van der Waals surface area contributed by atoms with Crippen LogP contribution in [0.3, 0.4) is 0 Å². The van der Waals surface area contributed by atoms with Crippen LogP contribution in [0.1, 0.15) is 0 Å². The molecule has 1 heterocycles. The van der Waals surface area contributed by atoms with Gasteiger partial charge in [0.1, 0.15) is 0 Å². The molecule has 0 saturated carbocycles. The number of rotatable bonds is 4. The molecule has 1 aromatic heterocycles. The van der Waals surface area contributed by atoms with Gasteiger partial charge in [-0.05, 0) is 12.1 Å². The average molecular weight is 201 g/mol. The number of fused-ring (bicyclic) bond motifs is 1. The van der Waals surface area contributed by atoms with E-state index in [9.17, 15) is 4.91 Å². The second kappa shape index (κ2) is 4.50. The lowest BCUT2D eigenvalue weighted by Crippen LogP contribution is -2.04. The first-order valence-corrected chi connectivity index (χ1v) is 4.78. The van der Waals surface area contributed by atoms with Crippen molar-refractivity contribution in [3.05, 3.63) is 41.4 Å². The van der Waals surface area contributed by atoms with Crippen LogP contribution in [0.15, 0.2) is 41.7 Å². The highest BCUT2D eigenvalue weighted by atomic mass is 16.3.